The number of carbonyl (C=O) groups excluding carboxylic acids is 2. The van der Waals surface area contributed by atoms with E-state index >= 15 is 0 Å². The molecule has 2 aliphatic rings. The Morgan fingerprint density at radius 1 is 1.00 bits per heavy atom. The third-order valence-corrected chi connectivity index (χ3v) is 7.27. The number of nitrogens with zero attached hydrogens (tertiary/aromatic N) is 4. The number of rotatable bonds is 4. The summed E-state index contributed by atoms with van der Waals surface area (Å²) in [5, 5.41) is 4.23. The van der Waals surface area contributed by atoms with Gasteiger partial charge in [-0.2, -0.15) is 4.98 Å². The van der Waals surface area contributed by atoms with Crippen LogP contribution in [0.25, 0.3) is 11.5 Å². The zero-order valence-electron chi connectivity index (χ0n) is 20.0. The molecule has 0 spiro atoms. The molecule has 1 atom stereocenters. The van der Waals surface area contributed by atoms with Crippen LogP contribution in [0.2, 0.25) is 0 Å². The van der Waals surface area contributed by atoms with Crippen LogP contribution in [0.1, 0.15) is 47.7 Å². The lowest BCUT2D eigenvalue weighted by molar-refractivity contribution is -0.136. The van der Waals surface area contributed by atoms with Crippen molar-refractivity contribution in [1.29, 1.82) is 0 Å². The minimum atomic E-state index is -0.288. The van der Waals surface area contributed by atoms with Crippen LogP contribution in [0.3, 0.4) is 0 Å². The normalized spacial score (nSPS) is 19.1. The molecule has 7 heteroatoms. The molecule has 176 valence electrons. The third kappa shape index (κ3) is 4.22. The second kappa shape index (κ2) is 9.05. The van der Waals surface area contributed by atoms with Crippen molar-refractivity contribution in [3.05, 3.63) is 65.0 Å². The molecule has 0 saturated carbocycles. The molecule has 5 rings (SSSR count). The fourth-order valence-electron chi connectivity index (χ4n) is 4.96. The summed E-state index contributed by atoms with van der Waals surface area (Å²) in [5.74, 6) is 1.23. The summed E-state index contributed by atoms with van der Waals surface area (Å²) in [7, 11) is 0. The summed E-state index contributed by atoms with van der Waals surface area (Å²) < 4.78 is 5.54. The van der Waals surface area contributed by atoms with Crippen LogP contribution in [0, 0.1) is 26.7 Å². The zero-order valence-corrected chi connectivity index (χ0v) is 20.0. The average Bonchev–Trinajstić information content (AvgIpc) is 3.48. The number of piperidine rings is 1. The number of aromatic nitrogens is 2. The Labute approximate surface area is 199 Å². The van der Waals surface area contributed by atoms with Gasteiger partial charge in [-0.3, -0.25) is 9.59 Å². The first-order valence-corrected chi connectivity index (χ1v) is 12.0. The number of anilines is 1. The molecular formula is C27H30N4O3. The highest BCUT2D eigenvalue weighted by atomic mass is 16.5. The van der Waals surface area contributed by atoms with Crippen molar-refractivity contribution in [3.63, 3.8) is 0 Å². The zero-order chi connectivity index (χ0) is 23.8. The molecule has 0 aliphatic carbocycles. The van der Waals surface area contributed by atoms with Gasteiger partial charge in [0, 0.05) is 43.2 Å². The van der Waals surface area contributed by atoms with Crippen molar-refractivity contribution in [1.82, 2.24) is 15.0 Å². The van der Waals surface area contributed by atoms with Gasteiger partial charge in [0.05, 0.1) is 5.92 Å². The molecule has 7 nitrogen and oxygen atoms in total. The van der Waals surface area contributed by atoms with Crippen LogP contribution < -0.4 is 4.90 Å². The van der Waals surface area contributed by atoms with E-state index in [-0.39, 0.29) is 30.1 Å². The van der Waals surface area contributed by atoms with Gasteiger partial charge in [0.25, 0.3) is 5.89 Å². The summed E-state index contributed by atoms with van der Waals surface area (Å²) in [6, 6.07) is 14.0. The highest BCUT2D eigenvalue weighted by Gasteiger charge is 2.38. The molecule has 2 fully saturated rings. The SMILES string of the molecule is Cc1ccc(N2C[C@H](C(=O)N3CCC(c4noc(-c5ccccc5C)n4)CC3)CC2=O)cc1C. The summed E-state index contributed by atoms with van der Waals surface area (Å²) in [6.45, 7) is 7.86. The fourth-order valence-corrected chi connectivity index (χ4v) is 4.96. The van der Waals surface area contributed by atoms with Crippen molar-refractivity contribution in [2.45, 2.75) is 46.0 Å². The van der Waals surface area contributed by atoms with Gasteiger partial charge in [0.15, 0.2) is 5.82 Å². The maximum Gasteiger partial charge on any atom is 0.258 e. The minimum absolute atomic E-state index is 0.0204. The third-order valence-electron chi connectivity index (χ3n) is 7.27. The molecule has 2 aromatic carbocycles. The smallest absolute Gasteiger partial charge is 0.258 e. The van der Waals surface area contributed by atoms with E-state index in [2.05, 4.69) is 17.1 Å². The number of amides is 2. The summed E-state index contributed by atoms with van der Waals surface area (Å²) in [5.41, 5.74) is 5.27. The van der Waals surface area contributed by atoms with Crippen molar-refractivity contribution < 1.29 is 14.1 Å². The predicted octanol–water partition coefficient (Wildman–Crippen LogP) is 4.42. The van der Waals surface area contributed by atoms with E-state index in [1.54, 1.807) is 4.90 Å². The van der Waals surface area contributed by atoms with Crippen molar-refractivity contribution in [2.75, 3.05) is 24.5 Å². The molecule has 2 aliphatic heterocycles. The van der Waals surface area contributed by atoms with Gasteiger partial charge in [-0.05, 0) is 68.5 Å². The highest BCUT2D eigenvalue weighted by molar-refractivity contribution is 6.00. The Morgan fingerprint density at radius 2 is 1.76 bits per heavy atom. The van der Waals surface area contributed by atoms with E-state index in [0.717, 1.165) is 35.2 Å². The van der Waals surface area contributed by atoms with Gasteiger partial charge in [-0.25, -0.2) is 0 Å². The van der Waals surface area contributed by atoms with Crippen LogP contribution in [-0.2, 0) is 9.59 Å². The van der Waals surface area contributed by atoms with Gasteiger partial charge in [-0.15, -0.1) is 0 Å². The topological polar surface area (TPSA) is 79.5 Å². The first-order valence-electron chi connectivity index (χ1n) is 12.0. The van der Waals surface area contributed by atoms with E-state index in [4.69, 9.17) is 4.52 Å². The van der Waals surface area contributed by atoms with E-state index in [0.29, 0.717) is 31.3 Å². The molecule has 3 heterocycles. The van der Waals surface area contributed by atoms with Gasteiger partial charge in [0.2, 0.25) is 11.8 Å². The van der Waals surface area contributed by atoms with E-state index in [1.807, 2.05) is 61.2 Å². The van der Waals surface area contributed by atoms with Crippen molar-refractivity contribution in [3.8, 4) is 11.5 Å². The maximum absolute atomic E-state index is 13.2. The molecule has 0 bridgehead atoms. The molecule has 0 unspecified atom stereocenters. The quantitative estimate of drug-likeness (QED) is 0.578. The molecule has 34 heavy (non-hydrogen) atoms. The lowest BCUT2D eigenvalue weighted by Crippen LogP contribution is -2.42. The molecule has 3 aromatic rings. The maximum atomic E-state index is 13.2. The van der Waals surface area contributed by atoms with Crippen LogP contribution in [0.5, 0.6) is 0 Å². The molecule has 2 saturated heterocycles. The van der Waals surface area contributed by atoms with Crippen LogP contribution in [0.15, 0.2) is 47.0 Å². The summed E-state index contributed by atoms with van der Waals surface area (Å²) in [6.07, 6.45) is 1.86. The monoisotopic (exact) mass is 458 g/mol. The van der Waals surface area contributed by atoms with E-state index in [1.165, 1.54) is 5.56 Å². The second-order valence-electron chi connectivity index (χ2n) is 9.55. The van der Waals surface area contributed by atoms with Gasteiger partial charge in [-0.1, -0.05) is 29.4 Å². The van der Waals surface area contributed by atoms with Crippen LogP contribution >= 0.6 is 0 Å². The number of likely N-dealkylation sites (tertiary alicyclic amines) is 1. The van der Waals surface area contributed by atoms with Crippen LogP contribution in [-0.4, -0.2) is 46.5 Å². The first kappa shape index (κ1) is 22.3. The van der Waals surface area contributed by atoms with E-state index < -0.39 is 0 Å². The van der Waals surface area contributed by atoms with Crippen molar-refractivity contribution >= 4 is 17.5 Å². The molecule has 1 aromatic heterocycles. The summed E-state index contributed by atoms with van der Waals surface area (Å²) >= 11 is 0. The highest BCUT2D eigenvalue weighted by Crippen LogP contribution is 2.32. The number of aryl methyl sites for hydroxylation is 3. The number of hydrogen-bond donors (Lipinski definition) is 0. The summed E-state index contributed by atoms with van der Waals surface area (Å²) in [4.78, 5) is 34.2. The Kier molecular flexibility index (Phi) is 5.94. The van der Waals surface area contributed by atoms with Crippen LogP contribution in [0.4, 0.5) is 5.69 Å². The Bertz CT molecular complexity index is 1230. The Hall–Kier alpha value is -3.48. The predicted molar refractivity (Wildman–Crippen MR) is 129 cm³/mol. The largest absolute Gasteiger partial charge is 0.342 e. The minimum Gasteiger partial charge on any atom is -0.342 e. The lowest BCUT2D eigenvalue weighted by atomic mass is 9.95. The molecule has 0 radical (unpaired) electrons. The second-order valence-corrected chi connectivity index (χ2v) is 9.55. The Morgan fingerprint density at radius 3 is 2.50 bits per heavy atom. The fraction of sp³-hybridized carbons (Fsp3) is 0.407. The first-order chi connectivity index (χ1) is 16.4. The van der Waals surface area contributed by atoms with Gasteiger partial charge >= 0.3 is 0 Å². The number of carbonyl (C=O) groups is 2. The molecular weight excluding hydrogens is 428 g/mol. The van der Waals surface area contributed by atoms with Crippen molar-refractivity contribution in [2.24, 2.45) is 5.92 Å². The Balaban J connectivity index is 1.20. The number of hydrogen-bond acceptors (Lipinski definition) is 5. The van der Waals surface area contributed by atoms with E-state index in [9.17, 15) is 9.59 Å². The standard InChI is InChI=1S/C27H30N4O3/c1-17-8-9-22(14-19(17)3)31-16-21(15-24(31)32)27(33)30-12-10-20(11-13-30)25-28-26(34-29-25)23-7-5-4-6-18(23)2/h4-9,14,20-21H,10-13,15-16H2,1-3H3/t21-/m1/s1. The van der Waals surface area contributed by atoms with Gasteiger partial charge in [0.1, 0.15) is 0 Å². The number of benzene rings is 2. The van der Waals surface area contributed by atoms with Gasteiger partial charge < -0.3 is 14.3 Å². The molecule has 0 N–H and O–H groups in total. The molecule has 2 amide bonds. The lowest BCUT2D eigenvalue weighted by Gasteiger charge is -2.32. The average molecular weight is 459 g/mol.